The smallest absolute Gasteiger partial charge is 0.251 e. The van der Waals surface area contributed by atoms with E-state index in [-0.39, 0.29) is 5.91 Å². The van der Waals surface area contributed by atoms with Gasteiger partial charge in [-0.25, -0.2) is 15.0 Å². The summed E-state index contributed by atoms with van der Waals surface area (Å²) in [5.74, 6) is 0.0793. The number of carbonyl (C=O) groups excluding carboxylic acids is 1. The fourth-order valence-electron chi connectivity index (χ4n) is 4.56. The summed E-state index contributed by atoms with van der Waals surface area (Å²) in [5.41, 5.74) is 9.95. The average molecular weight is 405 g/mol. The summed E-state index contributed by atoms with van der Waals surface area (Å²) in [6.45, 7) is 6.37. The number of aliphatic hydroxyl groups excluding tert-OH is 1. The molecule has 1 amide bonds. The molecule has 4 N–H and O–H groups in total. The molecule has 9 nitrogen and oxygen atoms in total. The molecule has 1 atom stereocenters. The van der Waals surface area contributed by atoms with Crippen LogP contribution in [0.5, 0.6) is 0 Å². The highest BCUT2D eigenvalue weighted by atomic mass is 16.3. The molecule has 1 aliphatic heterocycles. The third-order valence-electron chi connectivity index (χ3n) is 5.73. The second-order valence-corrected chi connectivity index (χ2v) is 8.42. The van der Waals surface area contributed by atoms with Gasteiger partial charge in [0.1, 0.15) is 29.5 Å². The maximum Gasteiger partial charge on any atom is 0.251 e. The minimum absolute atomic E-state index is 0.303. The molecule has 30 heavy (non-hydrogen) atoms. The normalized spacial score (nSPS) is 16.7. The van der Waals surface area contributed by atoms with Crippen molar-refractivity contribution in [2.24, 2.45) is 0 Å². The molecular formula is C21H23N7O2. The summed E-state index contributed by atoms with van der Waals surface area (Å²) in [7, 11) is 0. The van der Waals surface area contributed by atoms with Gasteiger partial charge >= 0.3 is 0 Å². The summed E-state index contributed by atoms with van der Waals surface area (Å²) < 4.78 is 2.14. The lowest BCUT2D eigenvalue weighted by Crippen LogP contribution is -2.51. The predicted octanol–water partition coefficient (Wildman–Crippen LogP) is 2.01. The first-order valence-corrected chi connectivity index (χ1v) is 9.83. The summed E-state index contributed by atoms with van der Waals surface area (Å²) in [6.07, 6.45) is 2.13. The number of aromatic amines is 1. The number of fused-ring (bicyclic) bond motifs is 4. The van der Waals surface area contributed by atoms with E-state index in [0.29, 0.717) is 18.9 Å². The molecule has 5 rings (SSSR count). The van der Waals surface area contributed by atoms with Crippen LogP contribution in [0, 0.1) is 0 Å². The SMILES string of the molecule is C[C@H](O)C(=O)N1Cc2c(-c3cc4cccnc4[nH]3)c3c(N)ncnc3n2C(C)(C)C1. The number of H-pyrrole nitrogens is 1. The van der Waals surface area contributed by atoms with Gasteiger partial charge in [0.05, 0.1) is 23.2 Å². The molecule has 4 aromatic rings. The molecule has 0 bridgehead atoms. The first-order chi connectivity index (χ1) is 14.3. The number of hydrogen-bond donors (Lipinski definition) is 3. The lowest BCUT2D eigenvalue weighted by molar-refractivity contribution is -0.142. The van der Waals surface area contributed by atoms with Gasteiger partial charge in [0.2, 0.25) is 0 Å². The second kappa shape index (κ2) is 6.27. The Morgan fingerprint density at radius 2 is 2.13 bits per heavy atom. The van der Waals surface area contributed by atoms with E-state index in [1.165, 1.54) is 13.3 Å². The average Bonchev–Trinajstić information content (AvgIpc) is 3.26. The molecule has 1 aliphatic rings. The standard InChI is InChI=1S/C21H23N7O2/c1-11(29)20(30)27-8-14-15(13-7-12-5-4-6-23-18(12)26-13)16-17(22)24-10-25-19(16)28(14)21(2,3)9-27/h4-7,10-11,29H,8-9H2,1-3H3,(H,23,26)(H2,22,24,25)/t11-/m0/s1. The molecule has 0 saturated heterocycles. The van der Waals surface area contributed by atoms with Gasteiger partial charge in [-0.2, -0.15) is 0 Å². The predicted molar refractivity (Wildman–Crippen MR) is 113 cm³/mol. The third-order valence-corrected chi connectivity index (χ3v) is 5.73. The van der Waals surface area contributed by atoms with Gasteiger partial charge < -0.3 is 25.3 Å². The first-order valence-electron chi connectivity index (χ1n) is 9.83. The van der Waals surface area contributed by atoms with Crippen LogP contribution in [0.2, 0.25) is 0 Å². The maximum atomic E-state index is 12.7. The van der Waals surface area contributed by atoms with Crippen LogP contribution in [0.3, 0.4) is 0 Å². The Hall–Kier alpha value is -3.46. The van der Waals surface area contributed by atoms with Crippen LogP contribution >= 0.6 is 0 Å². The fourth-order valence-corrected chi connectivity index (χ4v) is 4.56. The number of aliphatic hydroxyl groups is 1. The van der Waals surface area contributed by atoms with Crippen molar-refractivity contribution in [1.29, 1.82) is 0 Å². The number of aromatic nitrogens is 5. The highest BCUT2D eigenvalue weighted by molar-refractivity contribution is 6.03. The third kappa shape index (κ3) is 2.58. The van der Waals surface area contributed by atoms with Crippen molar-refractivity contribution < 1.29 is 9.90 Å². The second-order valence-electron chi connectivity index (χ2n) is 8.42. The van der Waals surface area contributed by atoms with Crippen LogP contribution in [0.1, 0.15) is 26.5 Å². The highest BCUT2D eigenvalue weighted by Crippen LogP contribution is 2.43. The Kier molecular flexibility index (Phi) is 3.88. The number of amides is 1. The molecule has 0 radical (unpaired) electrons. The van der Waals surface area contributed by atoms with E-state index in [0.717, 1.165) is 39.0 Å². The Morgan fingerprint density at radius 3 is 2.87 bits per heavy atom. The van der Waals surface area contributed by atoms with Crippen LogP contribution in [0.25, 0.3) is 33.3 Å². The van der Waals surface area contributed by atoms with Crippen LogP contribution in [-0.2, 0) is 16.9 Å². The Labute approximate surface area is 172 Å². The van der Waals surface area contributed by atoms with Crippen LogP contribution in [-0.4, -0.2) is 53.1 Å². The molecule has 0 aromatic carbocycles. The summed E-state index contributed by atoms with van der Waals surface area (Å²) in [6, 6.07) is 5.89. The Morgan fingerprint density at radius 1 is 1.33 bits per heavy atom. The van der Waals surface area contributed by atoms with E-state index in [1.807, 2.05) is 32.0 Å². The minimum Gasteiger partial charge on any atom is -0.384 e. The van der Waals surface area contributed by atoms with Crippen LogP contribution in [0.4, 0.5) is 5.82 Å². The zero-order chi connectivity index (χ0) is 21.2. The van der Waals surface area contributed by atoms with E-state index in [4.69, 9.17) is 5.73 Å². The van der Waals surface area contributed by atoms with E-state index in [1.54, 1.807) is 11.1 Å². The van der Waals surface area contributed by atoms with Crippen molar-refractivity contribution >= 4 is 33.8 Å². The summed E-state index contributed by atoms with van der Waals surface area (Å²) in [4.78, 5) is 30.9. The van der Waals surface area contributed by atoms with Gasteiger partial charge in [-0.1, -0.05) is 0 Å². The fraction of sp³-hybridized carbons (Fsp3) is 0.333. The van der Waals surface area contributed by atoms with Crippen molar-refractivity contribution in [3.8, 4) is 11.3 Å². The molecular weight excluding hydrogens is 382 g/mol. The lowest BCUT2D eigenvalue weighted by atomic mass is 9.98. The molecule has 154 valence electrons. The summed E-state index contributed by atoms with van der Waals surface area (Å²) in [5, 5.41) is 11.6. The zero-order valence-electron chi connectivity index (χ0n) is 17.0. The first kappa shape index (κ1) is 18.6. The van der Waals surface area contributed by atoms with Crippen molar-refractivity contribution in [2.45, 2.75) is 39.0 Å². The number of nitrogens with zero attached hydrogens (tertiary/aromatic N) is 5. The van der Waals surface area contributed by atoms with Gasteiger partial charge in [0.25, 0.3) is 5.91 Å². The molecule has 4 aromatic heterocycles. The van der Waals surface area contributed by atoms with Gasteiger partial charge in [0.15, 0.2) is 0 Å². The Bertz CT molecular complexity index is 1270. The molecule has 0 aliphatic carbocycles. The number of carbonyl (C=O) groups is 1. The number of rotatable bonds is 2. The summed E-state index contributed by atoms with van der Waals surface area (Å²) >= 11 is 0. The van der Waals surface area contributed by atoms with E-state index in [2.05, 4.69) is 24.5 Å². The maximum absolute atomic E-state index is 12.7. The quantitative estimate of drug-likeness (QED) is 0.468. The monoisotopic (exact) mass is 405 g/mol. The van der Waals surface area contributed by atoms with Crippen LogP contribution in [0.15, 0.2) is 30.7 Å². The van der Waals surface area contributed by atoms with Crippen LogP contribution < -0.4 is 5.73 Å². The van der Waals surface area contributed by atoms with Gasteiger partial charge in [-0.15, -0.1) is 0 Å². The van der Waals surface area contributed by atoms with Crippen molar-refractivity contribution in [3.63, 3.8) is 0 Å². The highest BCUT2D eigenvalue weighted by Gasteiger charge is 2.39. The largest absolute Gasteiger partial charge is 0.384 e. The van der Waals surface area contributed by atoms with Crippen molar-refractivity contribution in [2.75, 3.05) is 12.3 Å². The number of nitrogens with two attached hydrogens (primary N) is 1. The van der Waals surface area contributed by atoms with Crippen molar-refractivity contribution in [1.82, 2.24) is 29.4 Å². The number of nitrogens with one attached hydrogen (secondary N) is 1. The van der Waals surface area contributed by atoms with Gasteiger partial charge in [0, 0.05) is 29.4 Å². The number of hydrogen-bond acceptors (Lipinski definition) is 6. The lowest BCUT2D eigenvalue weighted by Gasteiger charge is -2.41. The van der Waals surface area contributed by atoms with Gasteiger partial charge in [-0.3, -0.25) is 4.79 Å². The number of pyridine rings is 1. The number of nitrogen functional groups attached to an aromatic ring is 1. The Balaban J connectivity index is 1.83. The van der Waals surface area contributed by atoms with E-state index in [9.17, 15) is 9.90 Å². The van der Waals surface area contributed by atoms with Gasteiger partial charge in [-0.05, 0) is 39.0 Å². The van der Waals surface area contributed by atoms with Crippen molar-refractivity contribution in [3.05, 3.63) is 36.4 Å². The topological polar surface area (TPSA) is 126 Å². The van der Waals surface area contributed by atoms with E-state index >= 15 is 0 Å². The molecule has 0 saturated carbocycles. The molecule has 0 fully saturated rings. The zero-order valence-corrected chi connectivity index (χ0v) is 17.0. The van der Waals surface area contributed by atoms with E-state index < -0.39 is 11.6 Å². The number of anilines is 1. The minimum atomic E-state index is -1.07. The molecule has 5 heterocycles. The molecule has 0 unspecified atom stereocenters. The molecule has 0 spiro atoms. The molecule has 9 heteroatoms.